The fourth-order valence-electron chi connectivity index (χ4n) is 2.78. The fourth-order valence-corrected chi connectivity index (χ4v) is 2.78. The van der Waals surface area contributed by atoms with Gasteiger partial charge in [-0.2, -0.15) is 0 Å². The molecule has 1 aliphatic heterocycles. The van der Waals surface area contributed by atoms with Crippen LogP contribution in [-0.2, 0) is 9.59 Å². The van der Waals surface area contributed by atoms with E-state index >= 15 is 0 Å². The predicted octanol–water partition coefficient (Wildman–Crippen LogP) is 0.338. The molecule has 0 bridgehead atoms. The smallest absolute Gasteiger partial charge is 0.321 e. The molecule has 1 heterocycles. The first-order chi connectivity index (χ1) is 11.2. The van der Waals surface area contributed by atoms with E-state index in [-0.39, 0.29) is 24.5 Å². The second-order valence-electron chi connectivity index (χ2n) is 6.85. The van der Waals surface area contributed by atoms with Gasteiger partial charge in [-0.05, 0) is 32.7 Å². The predicted molar refractivity (Wildman–Crippen MR) is 90.7 cm³/mol. The summed E-state index contributed by atoms with van der Waals surface area (Å²) in [5, 5.41) is 13.9. The number of carboxylic acids is 1. The van der Waals surface area contributed by atoms with E-state index in [1.54, 1.807) is 6.92 Å². The molecular weight excluding hydrogens is 312 g/mol. The molecule has 1 unspecified atom stereocenters. The topological polar surface area (TPSA) is 102 Å². The third kappa shape index (κ3) is 6.84. The number of nitrogens with one attached hydrogen (secondary N) is 2. The molecular formula is C16H30N4O4. The van der Waals surface area contributed by atoms with Crippen LogP contribution in [0.25, 0.3) is 0 Å². The van der Waals surface area contributed by atoms with Gasteiger partial charge in [0, 0.05) is 25.7 Å². The zero-order chi connectivity index (χ0) is 18.3. The van der Waals surface area contributed by atoms with E-state index in [9.17, 15) is 14.4 Å². The van der Waals surface area contributed by atoms with Gasteiger partial charge >= 0.3 is 12.0 Å². The second-order valence-corrected chi connectivity index (χ2v) is 6.85. The highest BCUT2D eigenvalue weighted by Crippen LogP contribution is 2.17. The lowest BCUT2D eigenvalue weighted by atomic mass is 10.0. The van der Waals surface area contributed by atoms with E-state index in [0.717, 1.165) is 12.8 Å². The number of aliphatic carboxylic acids is 1. The molecule has 0 radical (unpaired) electrons. The number of carbonyl (C=O) groups excluding carboxylic acids is 2. The Morgan fingerprint density at radius 1 is 1.21 bits per heavy atom. The van der Waals surface area contributed by atoms with Crippen LogP contribution in [0.1, 0.15) is 33.6 Å². The van der Waals surface area contributed by atoms with Gasteiger partial charge in [-0.3, -0.25) is 24.7 Å². The standard InChI is InChI=1S/C16H30N4O4/c1-11(2)9-17-16(24)18-15(23)12(3)20-7-5-13(6-8-20)19(4)10-14(21)22/h11-13H,5-10H2,1-4H3,(H,21,22)(H2,17,18,23,24). The zero-order valence-electron chi connectivity index (χ0n) is 15.0. The van der Waals surface area contributed by atoms with Crippen molar-refractivity contribution >= 4 is 17.9 Å². The lowest BCUT2D eigenvalue weighted by Crippen LogP contribution is -2.53. The molecule has 0 aromatic heterocycles. The van der Waals surface area contributed by atoms with Gasteiger partial charge in [-0.1, -0.05) is 13.8 Å². The Morgan fingerprint density at radius 2 is 1.79 bits per heavy atom. The summed E-state index contributed by atoms with van der Waals surface area (Å²) in [6.45, 7) is 7.71. The van der Waals surface area contributed by atoms with Crippen molar-refractivity contribution in [3.8, 4) is 0 Å². The molecule has 3 N–H and O–H groups in total. The van der Waals surface area contributed by atoms with E-state index < -0.39 is 12.0 Å². The molecule has 1 rings (SSSR count). The molecule has 0 aromatic rings. The number of likely N-dealkylation sites (tertiary alicyclic amines) is 1. The first kappa shape index (κ1) is 20.4. The maximum absolute atomic E-state index is 12.2. The number of rotatable bonds is 7. The molecule has 8 nitrogen and oxygen atoms in total. The van der Waals surface area contributed by atoms with Crippen molar-refractivity contribution in [1.82, 2.24) is 20.4 Å². The van der Waals surface area contributed by atoms with Crippen LogP contribution in [0.15, 0.2) is 0 Å². The van der Waals surface area contributed by atoms with Crippen LogP contribution in [0.2, 0.25) is 0 Å². The minimum absolute atomic E-state index is 0.0245. The van der Waals surface area contributed by atoms with Crippen LogP contribution < -0.4 is 10.6 Å². The van der Waals surface area contributed by atoms with Gasteiger partial charge in [0.1, 0.15) is 0 Å². The molecule has 0 aliphatic carbocycles. The van der Waals surface area contributed by atoms with Crippen molar-refractivity contribution in [3.63, 3.8) is 0 Å². The molecule has 1 aliphatic rings. The number of piperidine rings is 1. The molecule has 0 spiro atoms. The second kappa shape index (κ2) is 9.58. The molecule has 0 aromatic carbocycles. The third-order valence-electron chi connectivity index (χ3n) is 4.34. The number of likely N-dealkylation sites (N-methyl/N-ethyl adjacent to an activating group) is 1. The van der Waals surface area contributed by atoms with Gasteiger partial charge in [0.2, 0.25) is 5.91 Å². The van der Waals surface area contributed by atoms with Crippen LogP contribution in [0.5, 0.6) is 0 Å². The number of amides is 3. The maximum Gasteiger partial charge on any atom is 0.321 e. The van der Waals surface area contributed by atoms with Crippen molar-refractivity contribution in [2.24, 2.45) is 5.92 Å². The number of hydrogen-bond acceptors (Lipinski definition) is 5. The Hall–Kier alpha value is -1.67. The van der Waals surface area contributed by atoms with Crippen molar-refractivity contribution < 1.29 is 19.5 Å². The Labute approximate surface area is 143 Å². The summed E-state index contributed by atoms with van der Waals surface area (Å²) in [6, 6.07) is -0.640. The van der Waals surface area contributed by atoms with Gasteiger partial charge in [0.15, 0.2) is 0 Å². The van der Waals surface area contributed by atoms with E-state index in [1.807, 2.05) is 30.7 Å². The molecule has 1 saturated heterocycles. The Balaban J connectivity index is 2.39. The van der Waals surface area contributed by atoms with Crippen LogP contribution in [0, 0.1) is 5.92 Å². The maximum atomic E-state index is 12.2. The van der Waals surface area contributed by atoms with Crippen molar-refractivity contribution in [1.29, 1.82) is 0 Å². The minimum Gasteiger partial charge on any atom is -0.480 e. The van der Waals surface area contributed by atoms with E-state index in [2.05, 4.69) is 10.6 Å². The first-order valence-corrected chi connectivity index (χ1v) is 8.45. The normalized spacial score (nSPS) is 17.8. The Bertz CT molecular complexity index is 447. The summed E-state index contributed by atoms with van der Waals surface area (Å²) in [5.41, 5.74) is 0. The molecule has 24 heavy (non-hydrogen) atoms. The molecule has 8 heteroatoms. The third-order valence-corrected chi connectivity index (χ3v) is 4.34. The van der Waals surface area contributed by atoms with Crippen LogP contribution in [0.3, 0.4) is 0 Å². The van der Waals surface area contributed by atoms with Crippen molar-refractivity contribution in [2.75, 3.05) is 33.2 Å². The molecule has 0 saturated carbocycles. The highest BCUT2D eigenvalue weighted by atomic mass is 16.4. The SMILES string of the molecule is CC(C)CNC(=O)NC(=O)C(C)N1CCC(N(C)CC(=O)O)CC1. The quantitative estimate of drug-likeness (QED) is 0.617. The van der Waals surface area contributed by atoms with Crippen molar-refractivity contribution in [2.45, 2.75) is 45.7 Å². The summed E-state index contributed by atoms with van der Waals surface area (Å²) in [6.07, 6.45) is 1.61. The van der Waals surface area contributed by atoms with Crippen molar-refractivity contribution in [3.05, 3.63) is 0 Å². The van der Waals surface area contributed by atoms with Gasteiger partial charge in [-0.25, -0.2) is 4.79 Å². The van der Waals surface area contributed by atoms with E-state index in [4.69, 9.17) is 5.11 Å². The van der Waals surface area contributed by atoms with Gasteiger partial charge in [0.05, 0.1) is 12.6 Å². The molecule has 1 atom stereocenters. The molecule has 1 fully saturated rings. The summed E-state index contributed by atoms with van der Waals surface area (Å²) in [4.78, 5) is 38.5. The number of carboxylic acid groups (broad SMARTS) is 1. The minimum atomic E-state index is -0.833. The summed E-state index contributed by atoms with van der Waals surface area (Å²) in [5.74, 6) is -0.821. The monoisotopic (exact) mass is 342 g/mol. The fraction of sp³-hybridized carbons (Fsp3) is 0.812. The average Bonchev–Trinajstić information content (AvgIpc) is 2.51. The number of hydrogen-bond donors (Lipinski definition) is 3. The number of nitrogens with zero attached hydrogens (tertiary/aromatic N) is 2. The lowest BCUT2D eigenvalue weighted by molar-refractivity contribution is -0.138. The average molecular weight is 342 g/mol. The highest BCUT2D eigenvalue weighted by Gasteiger charge is 2.29. The molecule has 138 valence electrons. The van der Waals surface area contributed by atoms with Gasteiger partial charge in [0.25, 0.3) is 0 Å². The van der Waals surface area contributed by atoms with E-state index in [0.29, 0.717) is 25.6 Å². The number of imide groups is 1. The largest absolute Gasteiger partial charge is 0.480 e. The number of carbonyl (C=O) groups is 3. The Morgan fingerprint density at radius 3 is 2.29 bits per heavy atom. The summed E-state index contributed by atoms with van der Waals surface area (Å²) < 4.78 is 0. The summed E-state index contributed by atoms with van der Waals surface area (Å²) in [7, 11) is 1.81. The molecule has 3 amide bonds. The van der Waals surface area contributed by atoms with E-state index in [1.165, 1.54) is 0 Å². The van der Waals surface area contributed by atoms with Gasteiger partial charge in [-0.15, -0.1) is 0 Å². The zero-order valence-corrected chi connectivity index (χ0v) is 15.0. The van der Waals surface area contributed by atoms with Crippen LogP contribution in [0.4, 0.5) is 4.79 Å². The first-order valence-electron chi connectivity index (χ1n) is 8.45. The van der Waals surface area contributed by atoms with Gasteiger partial charge < -0.3 is 10.4 Å². The lowest BCUT2D eigenvalue weighted by Gasteiger charge is -2.38. The summed E-state index contributed by atoms with van der Waals surface area (Å²) >= 11 is 0. The van der Waals surface area contributed by atoms with Crippen LogP contribution >= 0.6 is 0 Å². The van der Waals surface area contributed by atoms with Crippen LogP contribution in [-0.4, -0.2) is 78.1 Å². The Kier molecular flexibility index (Phi) is 8.14. The highest BCUT2D eigenvalue weighted by molar-refractivity contribution is 5.96. The number of urea groups is 1.